The molecule has 0 aliphatic heterocycles. The highest BCUT2D eigenvalue weighted by Crippen LogP contribution is 2.25. The molecule has 1 aromatic heterocycles. The zero-order valence-corrected chi connectivity index (χ0v) is 12.2. The van der Waals surface area contributed by atoms with Crippen molar-refractivity contribution in [1.29, 1.82) is 0 Å². The summed E-state index contributed by atoms with van der Waals surface area (Å²) in [6, 6.07) is 6.40. The highest BCUT2D eigenvalue weighted by atomic mass is 32.1. The third kappa shape index (κ3) is 3.78. The minimum atomic E-state index is 0.184. The summed E-state index contributed by atoms with van der Waals surface area (Å²) in [4.78, 5) is 4.24. The van der Waals surface area contributed by atoms with Crippen LogP contribution in [0.15, 0.2) is 29.1 Å². The fraction of sp³-hybridized carbons (Fsp3) is 0.400. The van der Waals surface area contributed by atoms with Crippen LogP contribution in [0, 0.1) is 6.92 Å². The molecule has 1 unspecified atom stereocenters. The van der Waals surface area contributed by atoms with Gasteiger partial charge in [0.05, 0.1) is 11.2 Å². The van der Waals surface area contributed by atoms with E-state index in [1.165, 1.54) is 5.56 Å². The largest absolute Gasteiger partial charge is 0.487 e. The zero-order valence-electron chi connectivity index (χ0n) is 11.4. The van der Waals surface area contributed by atoms with Crippen LogP contribution >= 0.6 is 11.3 Å². The molecule has 2 aromatic rings. The van der Waals surface area contributed by atoms with Crippen molar-refractivity contribution >= 4 is 11.3 Å². The van der Waals surface area contributed by atoms with Crippen LogP contribution in [0.5, 0.6) is 5.75 Å². The number of nitrogens with two attached hydrogens (primary N) is 1. The topological polar surface area (TPSA) is 48.1 Å². The van der Waals surface area contributed by atoms with Crippen LogP contribution in [0.2, 0.25) is 0 Å². The van der Waals surface area contributed by atoms with Crippen molar-refractivity contribution in [2.24, 2.45) is 5.73 Å². The Morgan fingerprint density at radius 3 is 2.95 bits per heavy atom. The first-order valence-electron chi connectivity index (χ1n) is 6.54. The van der Waals surface area contributed by atoms with Gasteiger partial charge in [-0.15, -0.1) is 11.3 Å². The van der Waals surface area contributed by atoms with Gasteiger partial charge in [0.2, 0.25) is 0 Å². The minimum absolute atomic E-state index is 0.184. The lowest BCUT2D eigenvalue weighted by Crippen LogP contribution is -2.21. The van der Waals surface area contributed by atoms with Crippen molar-refractivity contribution in [1.82, 2.24) is 4.98 Å². The molecular weight excluding hydrogens is 256 g/mol. The second-order valence-electron chi connectivity index (χ2n) is 4.70. The molecule has 0 saturated heterocycles. The Morgan fingerprint density at radius 2 is 2.26 bits per heavy atom. The fourth-order valence-corrected chi connectivity index (χ4v) is 2.51. The van der Waals surface area contributed by atoms with Crippen LogP contribution in [0.4, 0.5) is 0 Å². The lowest BCUT2D eigenvalue weighted by atomic mass is 10.0. The van der Waals surface area contributed by atoms with E-state index in [9.17, 15) is 0 Å². The SMILES string of the molecule is CCC(N)Cc1cccc(C)c1OCc1cscn1. The first-order valence-corrected chi connectivity index (χ1v) is 7.49. The Kier molecular flexibility index (Phi) is 4.93. The molecule has 0 fully saturated rings. The molecule has 1 atom stereocenters. The lowest BCUT2D eigenvalue weighted by Gasteiger charge is -2.16. The number of aryl methyl sites for hydroxylation is 1. The van der Waals surface area contributed by atoms with Gasteiger partial charge in [-0.05, 0) is 30.9 Å². The predicted octanol–water partition coefficient (Wildman–Crippen LogP) is 3.31. The van der Waals surface area contributed by atoms with E-state index in [1.807, 2.05) is 10.9 Å². The molecule has 0 spiro atoms. The van der Waals surface area contributed by atoms with E-state index in [0.717, 1.165) is 29.8 Å². The summed E-state index contributed by atoms with van der Waals surface area (Å²) in [5.41, 5.74) is 11.2. The van der Waals surface area contributed by atoms with Crippen LogP contribution in [0.1, 0.15) is 30.2 Å². The molecule has 4 heteroatoms. The van der Waals surface area contributed by atoms with Gasteiger partial charge >= 0.3 is 0 Å². The van der Waals surface area contributed by atoms with Gasteiger partial charge in [-0.1, -0.05) is 25.1 Å². The van der Waals surface area contributed by atoms with E-state index in [0.29, 0.717) is 6.61 Å². The van der Waals surface area contributed by atoms with E-state index in [1.54, 1.807) is 11.3 Å². The number of rotatable bonds is 6. The van der Waals surface area contributed by atoms with Crippen molar-refractivity contribution in [3.05, 3.63) is 45.9 Å². The number of para-hydroxylation sites is 1. The molecule has 1 aromatic carbocycles. The summed E-state index contributed by atoms with van der Waals surface area (Å²) < 4.78 is 5.95. The Hall–Kier alpha value is -1.39. The van der Waals surface area contributed by atoms with Gasteiger partial charge < -0.3 is 10.5 Å². The van der Waals surface area contributed by atoms with Crippen LogP contribution in [0.3, 0.4) is 0 Å². The van der Waals surface area contributed by atoms with Gasteiger partial charge in [-0.25, -0.2) is 4.98 Å². The van der Waals surface area contributed by atoms with Crippen LogP contribution in [-0.4, -0.2) is 11.0 Å². The molecule has 1 heterocycles. The molecule has 3 nitrogen and oxygen atoms in total. The zero-order chi connectivity index (χ0) is 13.7. The molecule has 0 bridgehead atoms. The molecule has 102 valence electrons. The average molecular weight is 276 g/mol. The van der Waals surface area contributed by atoms with Crippen molar-refractivity contribution in [2.75, 3.05) is 0 Å². The van der Waals surface area contributed by atoms with Gasteiger partial charge in [-0.3, -0.25) is 0 Å². The predicted molar refractivity (Wildman–Crippen MR) is 79.6 cm³/mol. The summed E-state index contributed by atoms with van der Waals surface area (Å²) in [5.74, 6) is 0.958. The standard InChI is InChI=1S/C15H20N2OS/c1-3-13(16)7-12-6-4-5-11(2)15(12)18-8-14-9-19-10-17-14/h4-6,9-10,13H,3,7-8,16H2,1-2H3. The second-order valence-corrected chi connectivity index (χ2v) is 5.42. The summed E-state index contributed by atoms with van der Waals surface area (Å²) in [6.07, 6.45) is 1.82. The highest BCUT2D eigenvalue weighted by molar-refractivity contribution is 7.07. The summed E-state index contributed by atoms with van der Waals surface area (Å²) >= 11 is 1.59. The van der Waals surface area contributed by atoms with Gasteiger partial charge in [0.1, 0.15) is 12.4 Å². The van der Waals surface area contributed by atoms with E-state index >= 15 is 0 Å². The summed E-state index contributed by atoms with van der Waals surface area (Å²) in [5, 5.41) is 2.01. The number of nitrogens with zero attached hydrogens (tertiary/aromatic N) is 1. The van der Waals surface area contributed by atoms with Crippen molar-refractivity contribution < 1.29 is 4.74 Å². The molecule has 0 saturated carbocycles. The fourth-order valence-electron chi connectivity index (χ4n) is 1.96. The quantitative estimate of drug-likeness (QED) is 0.880. The maximum Gasteiger partial charge on any atom is 0.131 e. The maximum absolute atomic E-state index is 6.05. The van der Waals surface area contributed by atoms with Crippen molar-refractivity contribution in [3.8, 4) is 5.75 Å². The number of benzene rings is 1. The van der Waals surface area contributed by atoms with E-state index in [4.69, 9.17) is 10.5 Å². The third-order valence-electron chi connectivity index (χ3n) is 3.15. The van der Waals surface area contributed by atoms with Crippen LogP contribution in [0.25, 0.3) is 0 Å². The molecule has 19 heavy (non-hydrogen) atoms. The number of thiazole rings is 1. The Labute approximate surface area is 118 Å². The highest BCUT2D eigenvalue weighted by Gasteiger charge is 2.10. The van der Waals surface area contributed by atoms with Crippen LogP contribution < -0.4 is 10.5 Å². The molecule has 0 radical (unpaired) electrons. The summed E-state index contributed by atoms with van der Waals surface area (Å²) in [6.45, 7) is 4.69. The molecular formula is C15H20N2OS. The molecule has 2 N–H and O–H groups in total. The first kappa shape index (κ1) is 14.0. The monoisotopic (exact) mass is 276 g/mol. The van der Waals surface area contributed by atoms with E-state index < -0.39 is 0 Å². The molecule has 2 rings (SSSR count). The van der Waals surface area contributed by atoms with Gasteiger partial charge in [0, 0.05) is 11.4 Å². The Balaban J connectivity index is 2.13. The Morgan fingerprint density at radius 1 is 1.42 bits per heavy atom. The maximum atomic E-state index is 6.05. The average Bonchev–Trinajstić information content (AvgIpc) is 2.91. The van der Waals surface area contributed by atoms with Crippen molar-refractivity contribution in [2.45, 2.75) is 39.3 Å². The minimum Gasteiger partial charge on any atom is -0.487 e. The Bertz CT molecular complexity index is 511. The van der Waals surface area contributed by atoms with Crippen LogP contribution in [-0.2, 0) is 13.0 Å². The third-order valence-corrected chi connectivity index (χ3v) is 3.78. The number of aromatic nitrogens is 1. The van der Waals surface area contributed by atoms with Gasteiger partial charge in [0.25, 0.3) is 0 Å². The normalized spacial score (nSPS) is 12.4. The van der Waals surface area contributed by atoms with E-state index in [-0.39, 0.29) is 6.04 Å². The second kappa shape index (κ2) is 6.68. The van der Waals surface area contributed by atoms with E-state index in [2.05, 4.69) is 37.0 Å². The first-order chi connectivity index (χ1) is 9.20. The smallest absolute Gasteiger partial charge is 0.131 e. The lowest BCUT2D eigenvalue weighted by molar-refractivity contribution is 0.296. The van der Waals surface area contributed by atoms with Gasteiger partial charge in [0.15, 0.2) is 0 Å². The number of hydrogen-bond donors (Lipinski definition) is 1. The molecule has 0 amide bonds. The summed E-state index contributed by atoms with van der Waals surface area (Å²) in [7, 11) is 0. The van der Waals surface area contributed by atoms with Gasteiger partial charge in [-0.2, -0.15) is 0 Å². The number of ether oxygens (including phenoxy) is 1. The molecule has 0 aliphatic rings. The van der Waals surface area contributed by atoms with Crippen molar-refractivity contribution in [3.63, 3.8) is 0 Å². The molecule has 0 aliphatic carbocycles. The number of hydrogen-bond acceptors (Lipinski definition) is 4.